The number of hydrogen-bond acceptors (Lipinski definition) is 6. The van der Waals surface area contributed by atoms with Gasteiger partial charge in [0.05, 0.1) is 16.4 Å². The molecule has 0 bridgehead atoms. The fraction of sp³-hybridized carbons (Fsp3) is 0.188. The van der Waals surface area contributed by atoms with Crippen molar-refractivity contribution < 1.29 is 4.79 Å². The van der Waals surface area contributed by atoms with Crippen molar-refractivity contribution in [3.63, 3.8) is 0 Å². The lowest BCUT2D eigenvalue weighted by atomic mass is 10.1. The first kappa shape index (κ1) is 17.8. The zero-order chi connectivity index (χ0) is 18.3. The van der Waals surface area contributed by atoms with E-state index < -0.39 is 11.3 Å². The summed E-state index contributed by atoms with van der Waals surface area (Å²) in [6, 6.07) is 7.17. The van der Waals surface area contributed by atoms with E-state index >= 15 is 0 Å². The number of hydrogen-bond donors (Lipinski definition) is 2. The van der Waals surface area contributed by atoms with Gasteiger partial charge < -0.3 is 16.4 Å². The number of amides is 1. The minimum absolute atomic E-state index is 0.242. The van der Waals surface area contributed by atoms with Crippen molar-refractivity contribution in [2.24, 2.45) is 11.5 Å². The maximum absolute atomic E-state index is 11.8. The summed E-state index contributed by atoms with van der Waals surface area (Å²) in [4.78, 5) is 22.4. The number of benzene rings is 1. The van der Waals surface area contributed by atoms with Crippen LogP contribution in [-0.4, -0.2) is 15.9 Å². The average Bonchev–Trinajstić information content (AvgIpc) is 2.84. The molecular formula is C16H15Cl2N5OS. The van der Waals surface area contributed by atoms with Crippen molar-refractivity contribution in [1.82, 2.24) is 9.97 Å². The fourth-order valence-corrected chi connectivity index (χ4v) is 4.35. The van der Waals surface area contributed by atoms with Gasteiger partial charge in [-0.2, -0.15) is 0 Å². The summed E-state index contributed by atoms with van der Waals surface area (Å²) in [5, 5.41) is 0.390. The number of carbonyl (C=O) groups excluding carboxylic acids is 1. The van der Waals surface area contributed by atoms with E-state index in [1.54, 1.807) is 24.0 Å². The van der Waals surface area contributed by atoms with Gasteiger partial charge in [0.25, 0.3) is 5.91 Å². The lowest BCUT2D eigenvalue weighted by Gasteiger charge is -2.29. The number of aryl methyl sites for hydroxylation is 2. The van der Waals surface area contributed by atoms with Gasteiger partial charge in [-0.25, -0.2) is 9.97 Å². The van der Waals surface area contributed by atoms with Crippen LogP contribution in [0.1, 0.15) is 22.5 Å². The van der Waals surface area contributed by atoms with Crippen molar-refractivity contribution in [2.45, 2.75) is 19.2 Å². The first-order valence-electron chi connectivity index (χ1n) is 7.31. The Bertz CT molecular complexity index is 862. The minimum atomic E-state index is -0.600. The van der Waals surface area contributed by atoms with Crippen molar-refractivity contribution in [3.05, 3.63) is 62.2 Å². The van der Waals surface area contributed by atoms with E-state index in [0.717, 1.165) is 5.56 Å². The number of nitrogens with two attached hydrogens (primary N) is 2. The second-order valence-electron chi connectivity index (χ2n) is 5.49. The molecule has 1 amide bonds. The molecule has 0 saturated heterocycles. The number of primary amides is 1. The summed E-state index contributed by atoms with van der Waals surface area (Å²) in [6.07, 6.45) is 0. The minimum Gasteiger partial charge on any atom is -0.384 e. The first-order chi connectivity index (χ1) is 11.8. The second-order valence-corrected chi connectivity index (χ2v) is 7.37. The van der Waals surface area contributed by atoms with Gasteiger partial charge in [-0.3, -0.25) is 4.79 Å². The Morgan fingerprint density at radius 1 is 1.28 bits per heavy atom. The molecule has 1 unspecified atom stereocenters. The van der Waals surface area contributed by atoms with E-state index in [2.05, 4.69) is 9.97 Å². The number of aromatic nitrogens is 2. The van der Waals surface area contributed by atoms with Gasteiger partial charge in [0.1, 0.15) is 27.1 Å². The lowest BCUT2D eigenvalue weighted by Crippen LogP contribution is -2.29. The summed E-state index contributed by atoms with van der Waals surface area (Å²) in [7, 11) is 0. The highest BCUT2D eigenvalue weighted by Crippen LogP contribution is 2.50. The van der Waals surface area contributed by atoms with E-state index in [9.17, 15) is 4.79 Å². The van der Waals surface area contributed by atoms with Crippen LogP contribution in [0.2, 0.25) is 10.2 Å². The SMILES string of the molecule is Cc1nc(Cl)cc(C2SC(C(N)=O)=C(N)N2c2c(C)cccc2Cl)n1. The molecule has 0 saturated carbocycles. The Labute approximate surface area is 159 Å². The van der Waals surface area contributed by atoms with Crippen LogP contribution >= 0.6 is 35.0 Å². The molecule has 0 aliphatic carbocycles. The largest absolute Gasteiger partial charge is 0.384 e. The zero-order valence-corrected chi connectivity index (χ0v) is 15.8. The topological polar surface area (TPSA) is 98.1 Å². The number of anilines is 1. The Balaban J connectivity index is 2.20. The monoisotopic (exact) mass is 395 g/mol. The fourth-order valence-electron chi connectivity index (χ4n) is 2.68. The van der Waals surface area contributed by atoms with Gasteiger partial charge >= 0.3 is 0 Å². The summed E-state index contributed by atoms with van der Waals surface area (Å²) in [6.45, 7) is 3.66. The molecule has 130 valence electrons. The van der Waals surface area contributed by atoms with Gasteiger partial charge in [-0.05, 0) is 25.5 Å². The number of carbonyl (C=O) groups is 1. The molecule has 1 aliphatic rings. The third kappa shape index (κ3) is 3.27. The van der Waals surface area contributed by atoms with Crippen LogP contribution in [0.5, 0.6) is 0 Å². The maximum Gasteiger partial charge on any atom is 0.258 e. The Hall–Kier alpha value is -1.96. The molecule has 4 N–H and O–H groups in total. The van der Waals surface area contributed by atoms with E-state index in [1.165, 1.54) is 11.8 Å². The summed E-state index contributed by atoms with van der Waals surface area (Å²) >= 11 is 13.7. The number of rotatable bonds is 3. The van der Waals surface area contributed by atoms with Crippen molar-refractivity contribution >= 4 is 46.6 Å². The van der Waals surface area contributed by atoms with Gasteiger partial charge in [-0.1, -0.05) is 47.1 Å². The Kier molecular flexibility index (Phi) is 4.81. The Morgan fingerprint density at radius 2 is 2.00 bits per heavy atom. The molecule has 1 aliphatic heterocycles. The predicted octanol–water partition coefficient (Wildman–Crippen LogP) is 3.27. The highest BCUT2D eigenvalue weighted by Gasteiger charge is 2.38. The second kappa shape index (κ2) is 6.74. The van der Waals surface area contributed by atoms with Crippen LogP contribution in [0.25, 0.3) is 0 Å². The standard InChI is InChI=1S/C16H15Cl2N5OS/c1-7-4-3-5-9(17)12(7)23-14(19)13(15(20)24)25-16(23)10-6-11(18)22-8(2)21-10/h3-6,16H,19H2,1-2H3,(H2,20,24). The molecule has 25 heavy (non-hydrogen) atoms. The van der Waals surface area contributed by atoms with E-state index in [-0.39, 0.29) is 10.7 Å². The van der Waals surface area contributed by atoms with E-state index in [4.69, 9.17) is 34.7 Å². The molecular weight excluding hydrogens is 381 g/mol. The molecule has 1 aromatic heterocycles. The van der Waals surface area contributed by atoms with Crippen LogP contribution in [-0.2, 0) is 4.79 Å². The lowest BCUT2D eigenvalue weighted by molar-refractivity contribution is -0.113. The number of thioether (sulfide) groups is 1. The zero-order valence-electron chi connectivity index (χ0n) is 13.5. The summed E-state index contributed by atoms with van der Waals surface area (Å²) in [5.74, 6) is 0.160. The van der Waals surface area contributed by atoms with Crippen molar-refractivity contribution in [2.75, 3.05) is 4.90 Å². The molecule has 6 nitrogen and oxygen atoms in total. The third-order valence-electron chi connectivity index (χ3n) is 3.69. The average molecular weight is 396 g/mol. The van der Waals surface area contributed by atoms with Crippen LogP contribution in [0.3, 0.4) is 0 Å². The van der Waals surface area contributed by atoms with Crippen LogP contribution < -0.4 is 16.4 Å². The highest BCUT2D eigenvalue weighted by molar-refractivity contribution is 8.04. The molecule has 1 aromatic carbocycles. The summed E-state index contributed by atoms with van der Waals surface area (Å²) < 4.78 is 0. The number of para-hydroxylation sites is 1. The van der Waals surface area contributed by atoms with Gasteiger partial charge in [0, 0.05) is 6.07 Å². The molecule has 0 spiro atoms. The van der Waals surface area contributed by atoms with E-state index in [1.807, 2.05) is 19.1 Å². The molecule has 2 heterocycles. The van der Waals surface area contributed by atoms with Crippen LogP contribution in [0.15, 0.2) is 35.0 Å². The third-order valence-corrected chi connectivity index (χ3v) is 5.51. The number of halogens is 2. The first-order valence-corrected chi connectivity index (χ1v) is 8.94. The predicted molar refractivity (Wildman–Crippen MR) is 101 cm³/mol. The molecule has 3 rings (SSSR count). The smallest absolute Gasteiger partial charge is 0.258 e. The van der Waals surface area contributed by atoms with Gasteiger partial charge in [-0.15, -0.1) is 0 Å². The summed E-state index contributed by atoms with van der Waals surface area (Å²) in [5.41, 5.74) is 14.0. The van der Waals surface area contributed by atoms with Crippen LogP contribution in [0, 0.1) is 13.8 Å². The maximum atomic E-state index is 11.8. The van der Waals surface area contributed by atoms with Crippen molar-refractivity contribution in [1.29, 1.82) is 0 Å². The molecule has 1 atom stereocenters. The molecule has 9 heteroatoms. The van der Waals surface area contributed by atoms with Gasteiger partial charge in [0.15, 0.2) is 0 Å². The quantitative estimate of drug-likeness (QED) is 0.773. The highest BCUT2D eigenvalue weighted by atomic mass is 35.5. The molecule has 2 aromatic rings. The van der Waals surface area contributed by atoms with Gasteiger partial charge in [0.2, 0.25) is 0 Å². The van der Waals surface area contributed by atoms with Crippen molar-refractivity contribution in [3.8, 4) is 0 Å². The number of nitrogens with zero attached hydrogens (tertiary/aromatic N) is 3. The normalized spacial score (nSPS) is 17.3. The van der Waals surface area contributed by atoms with E-state index in [0.29, 0.717) is 27.4 Å². The Morgan fingerprint density at radius 3 is 2.60 bits per heavy atom. The van der Waals surface area contributed by atoms with Crippen LogP contribution in [0.4, 0.5) is 5.69 Å². The molecule has 0 fully saturated rings. The molecule has 0 radical (unpaired) electrons.